The van der Waals surface area contributed by atoms with E-state index < -0.39 is 0 Å². The van der Waals surface area contributed by atoms with Crippen LogP contribution in [0.5, 0.6) is 0 Å². The molecule has 2 bridgehead atoms. The largest absolute Gasteiger partial charge is 0.315 e. The van der Waals surface area contributed by atoms with Crippen molar-refractivity contribution in [1.82, 2.24) is 5.32 Å². The smallest absolute Gasteiger partial charge is 0.231 e. The highest BCUT2D eigenvalue weighted by molar-refractivity contribution is 5.95. The summed E-state index contributed by atoms with van der Waals surface area (Å²) in [7, 11) is 1.80. The Hall–Kier alpha value is -1.86. The highest BCUT2D eigenvalue weighted by Crippen LogP contribution is 2.34. The number of nitriles is 1. The van der Waals surface area contributed by atoms with Gasteiger partial charge in [0.2, 0.25) is 5.91 Å². The number of nitrogens with one attached hydrogen (secondary N) is 1. The van der Waals surface area contributed by atoms with E-state index in [0.717, 1.165) is 18.5 Å². The third-order valence-corrected chi connectivity index (χ3v) is 4.31. The predicted octanol–water partition coefficient (Wildman–Crippen LogP) is 1.66. The summed E-state index contributed by atoms with van der Waals surface area (Å²) in [5.74, 6) is 0.254. The third kappa shape index (κ3) is 2.11. The maximum Gasteiger partial charge on any atom is 0.231 e. The molecule has 0 radical (unpaired) electrons. The molecule has 0 aromatic heterocycles. The SMILES string of the molecule is CN(C(=O)C1CC2CCC1N2)c1cccc(C#N)c1. The van der Waals surface area contributed by atoms with Crippen molar-refractivity contribution in [2.45, 2.75) is 31.3 Å². The fraction of sp³-hybridized carbons (Fsp3) is 0.467. The molecule has 1 N–H and O–H groups in total. The van der Waals surface area contributed by atoms with Crippen LogP contribution in [0.3, 0.4) is 0 Å². The topological polar surface area (TPSA) is 56.1 Å². The van der Waals surface area contributed by atoms with Gasteiger partial charge in [0.05, 0.1) is 17.6 Å². The molecular formula is C15H17N3O. The van der Waals surface area contributed by atoms with E-state index in [9.17, 15) is 4.79 Å². The Kier molecular flexibility index (Phi) is 3.00. The van der Waals surface area contributed by atoms with Crippen LogP contribution in [0.25, 0.3) is 0 Å². The maximum absolute atomic E-state index is 12.5. The monoisotopic (exact) mass is 255 g/mol. The van der Waals surface area contributed by atoms with E-state index in [0.29, 0.717) is 17.6 Å². The van der Waals surface area contributed by atoms with Gasteiger partial charge < -0.3 is 10.2 Å². The van der Waals surface area contributed by atoms with Crippen molar-refractivity contribution < 1.29 is 4.79 Å². The number of hydrogen-bond donors (Lipinski definition) is 1. The van der Waals surface area contributed by atoms with Gasteiger partial charge in [0, 0.05) is 24.8 Å². The lowest BCUT2D eigenvalue weighted by molar-refractivity contribution is -0.122. The fourth-order valence-corrected chi connectivity index (χ4v) is 3.26. The molecule has 3 unspecified atom stereocenters. The molecule has 4 nitrogen and oxygen atoms in total. The molecule has 2 aliphatic heterocycles. The Labute approximate surface area is 113 Å². The van der Waals surface area contributed by atoms with Gasteiger partial charge in [-0.3, -0.25) is 4.79 Å². The van der Waals surface area contributed by atoms with Crippen LogP contribution in [0.2, 0.25) is 0 Å². The quantitative estimate of drug-likeness (QED) is 0.874. The first-order valence-corrected chi connectivity index (χ1v) is 6.73. The van der Waals surface area contributed by atoms with Gasteiger partial charge in [0.15, 0.2) is 0 Å². The van der Waals surface area contributed by atoms with Crippen molar-refractivity contribution in [2.24, 2.45) is 5.92 Å². The first-order chi connectivity index (χ1) is 9.19. The van der Waals surface area contributed by atoms with E-state index in [2.05, 4.69) is 11.4 Å². The van der Waals surface area contributed by atoms with E-state index >= 15 is 0 Å². The molecule has 2 saturated heterocycles. The molecule has 3 atom stereocenters. The molecule has 1 aromatic rings. The van der Waals surface area contributed by atoms with E-state index in [1.54, 1.807) is 24.1 Å². The second-order valence-corrected chi connectivity index (χ2v) is 5.45. The molecule has 2 fully saturated rings. The minimum Gasteiger partial charge on any atom is -0.315 e. The van der Waals surface area contributed by atoms with Crippen molar-refractivity contribution in [3.63, 3.8) is 0 Å². The maximum atomic E-state index is 12.5. The summed E-state index contributed by atoms with van der Waals surface area (Å²) in [4.78, 5) is 14.2. The number of anilines is 1. The zero-order valence-corrected chi connectivity index (χ0v) is 11.0. The van der Waals surface area contributed by atoms with Crippen molar-refractivity contribution in [1.29, 1.82) is 5.26 Å². The molecule has 98 valence electrons. The minimum absolute atomic E-state index is 0.0921. The van der Waals surface area contributed by atoms with Gasteiger partial charge in [-0.2, -0.15) is 5.26 Å². The first-order valence-electron chi connectivity index (χ1n) is 6.73. The number of hydrogen-bond acceptors (Lipinski definition) is 3. The van der Waals surface area contributed by atoms with Crippen LogP contribution >= 0.6 is 0 Å². The molecule has 2 aliphatic rings. The van der Waals surface area contributed by atoms with Crippen LogP contribution < -0.4 is 10.2 Å². The Balaban J connectivity index is 1.78. The number of amides is 1. The summed E-state index contributed by atoms with van der Waals surface area (Å²) in [5.41, 5.74) is 1.38. The third-order valence-electron chi connectivity index (χ3n) is 4.31. The summed E-state index contributed by atoms with van der Waals surface area (Å²) in [6.45, 7) is 0. The Morgan fingerprint density at radius 1 is 1.47 bits per heavy atom. The van der Waals surface area contributed by atoms with E-state index in [-0.39, 0.29) is 11.8 Å². The summed E-state index contributed by atoms with van der Waals surface area (Å²) < 4.78 is 0. The van der Waals surface area contributed by atoms with Crippen LogP contribution in [0.1, 0.15) is 24.8 Å². The number of fused-ring (bicyclic) bond motifs is 2. The van der Waals surface area contributed by atoms with Crippen molar-refractivity contribution in [2.75, 3.05) is 11.9 Å². The lowest BCUT2D eigenvalue weighted by Crippen LogP contribution is -2.38. The summed E-state index contributed by atoms with van der Waals surface area (Å²) in [5, 5.41) is 12.4. The lowest BCUT2D eigenvalue weighted by Gasteiger charge is -2.25. The average molecular weight is 255 g/mol. The average Bonchev–Trinajstić information content (AvgIpc) is 3.08. The Bertz CT molecular complexity index is 549. The highest BCUT2D eigenvalue weighted by atomic mass is 16.2. The van der Waals surface area contributed by atoms with Gasteiger partial charge in [0.1, 0.15) is 0 Å². The molecule has 1 aromatic carbocycles. The van der Waals surface area contributed by atoms with Gasteiger partial charge in [-0.05, 0) is 37.5 Å². The Morgan fingerprint density at radius 2 is 2.32 bits per heavy atom. The number of carbonyl (C=O) groups is 1. The zero-order valence-electron chi connectivity index (χ0n) is 11.0. The molecule has 19 heavy (non-hydrogen) atoms. The normalized spacial score (nSPS) is 28.1. The standard InChI is InChI=1S/C15H17N3O/c1-18(12-4-2-3-10(7-12)9-16)15(19)13-8-11-5-6-14(13)17-11/h2-4,7,11,13-14,17H,5-6,8H2,1H3. The molecule has 0 aliphatic carbocycles. The van der Waals surface area contributed by atoms with Crippen molar-refractivity contribution in [3.8, 4) is 6.07 Å². The molecule has 2 heterocycles. The molecule has 3 rings (SSSR count). The van der Waals surface area contributed by atoms with Crippen LogP contribution in [-0.2, 0) is 4.79 Å². The number of benzene rings is 1. The van der Waals surface area contributed by atoms with E-state index in [1.165, 1.54) is 6.42 Å². The highest BCUT2D eigenvalue weighted by Gasteiger charge is 2.43. The van der Waals surface area contributed by atoms with Crippen LogP contribution in [0.4, 0.5) is 5.69 Å². The molecule has 0 saturated carbocycles. The minimum atomic E-state index is 0.0921. The van der Waals surface area contributed by atoms with Gasteiger partial charge in [-0.15, -0.1) is 0 Å². The van der Waals surface area contributed by atoms with Gasteiger partial charge in [-0.1, -0.05) is 6.07 Å². The van der Waals surface area contributed by atoms with Crippen LogP contribution in [0, 0.1) is 17.2 Å². The Morgan fingerprint density at radius 3 is 2.95 bits per heavy atom. The fourth-order valence-electron chi connectivity index (χ4n) is 3.26. The molecule has 0 spiro atoms. The first kappa shape index (κ1) is 12.2. The number of rotatable bonds is 2. The van der Waals surface area contributed by atoms with Gasteiger partial charge >= 0.3 is 0 Å². The second kappa shape index (κ2) is 4.67. The second-order valence-electron chi connectivity index (χ2n) is 5.45. The summed E-state index contributed by atoms with van der Waals surface area (Å²) >= 11 is 0. The summed E-state index contributed by atoms with van der Waals surface area (Å²) in [6.07, 6.45) is 3.25. The van der Waals surface area contributed by atoms with Crippen molar-refractivity contribution >= 4 is 11.6 Å². The van der Waals surface area contributed by atoms with Crippen molar-refractivity contribution in [3.05, 3.63) is 29.8 Å². The number of carbonyl (C=O) groups excluding carboxylic acids is 1. The van der Waals surface area contributed by atoms with Gasteiger partial charge in [0.25, 0.3) is 0 Å². The lowest BCUT2D eigenvalue weighted by atomic mass is 9.88. The molecule has 1 amide bonds. The van der Waals surface area contributed by atoms with Gasteiger partial charge in [-0.25, -0.2) is 0 Å². The molecular weight excluding hydrogens is 238 g/mol. The van der Waals surface area contributed by atoms with Crippen LogP contribution in [-0.4, -0.2) is 25.0 Å². The zero-order chi connectivity index (χ0) is 13.4. The van der Waals surface area contributed by atoms with E-state index in [1.807, 2.05) is 12.1 Å². The number of nitrogens with zero attached hydrogens (tertiary/aromatic N) is 2. The van der Waals surface area contributed by atoms with Crippen LogP contribution in [0.15, 0.2) is 24.3 Å². The summed E-state index contributed by atoms with van der Waals surface area (Å²) in [6, 6.07) is 10.2. The molecule has 4 heteroatoms. The predicted molar refractivity (Wildman–Crippen MR) is 72.6 cm³/mol. The van der Waals surface area contributed by atoms with E-state index in [4.69, 9.17) is 5.26 Å².